The van der Waals surface area contributed by atoms with Crippen molar-refractivity contribution in [3.8, 4) is 5.75 Å². The minimum atomic E-state index is 0.367. The highest BCUT2D eigenvalue weighted by molar-refractivity contribution is 5.51. The molecule has 1 N–H and O–H groups in total. The van der Waals surface area contributed by atoms with E-state index in [1.165, 1.54) is 31.4 Å². The van der Waals surface area contributed by atoms with Crippen LogP contribution in [0.3, 0.4) is 0 Å². The summed E-state index contributed by atoms with van der Waals surface area (Å²) in [5, 5.41) is 3.80. The first-order valence-corrected chi connectivity index (χ1v) is 7.38. The minimum absolute atomic E-state index is 0.367. The fourth-order valence-corrected chi connectivity index (χ4v) is 3.52. The van der Waals surface area contributed by atoms with Crippen LogP contribution < -0.4 is 15.0 Å². The summed E-state index contributed by atoms with van der Waals surface area (Å²) in [5.74, 6) is 0.933. The van der Waals surface area contributed by atoms with Crippen LogP contribution in [0.1, 0.15) is 32.6 Å². The number of hydrogen-bond donors (Lipinski definition) is 1. The zero-order valence-corrected chi connectivity index (χ0v) is 12.0. The van der Waals surface area contributed by atoms with Gasteiger partial charge in [-0.05, 0) is 44.0 Å². The van der Waals surface area contributed by atoms with Gasteiger partial charge in [0, 0.05) is 30.4 Å². The van der Waals surface area contributed by atoms with Crippen LogP contribution in [-0.2, 0) is 0 Å². The van der Waals surface area contributed by atoms with Crippen molar-refractivity contribution >= 4 is 5.69 Å². The Morgan fingerprint density at radius 3 is 2.53 bits per heavy atom. The van der Waals surface area contributed by atoms with Gasteiger partial charge in [0.2, 0.25) is 0 Å². The highest BCUT2D eigenvalue weighted by Crippen LogP contribution is 2.35. The van der Waals surface area contributed by atoms with Crippen molar-refractivity contribution in [3.63, 3.8) is 0 Å². The van der Waals surface area contributed by atoms with E-state index in [0.717, 1.165) is 18.8 Å². The van der Waals surface area contributed by atoms with Crippen molar-refractivity contribution < 1.29 is 4.74 Å². The molecule has 2 aliphatic rings. The number of benzene rings is 1. The molecule has 3 rings (SSSR count). The molecule has 3 heteroatoms. The molecule has 1 aliphatic carbocycles. The summed E-state index contributed by atoms with van der Waals surface area (Å²) in [6, 6.07) is 9.04. The molecular weight excluding hydrogens is 236 g/mol. The quantitative estimate of drug-likeness (QED) is 0.885. The van der Waals surface area contributed by atoms with Crippen molar-refractivity contribution in [3.05, 3.63) is 24.3 Å². The molecule has 1 saturated carbocycles. The lowest BCUT2D eigenvalue weighted by molar-refractivity contribution is 0.276. The molecule has 2 fully saturated rings. The Kier molecular flexibility index (Phi) is 3.40. The van der Waals surface area contributed by atoms with Crippen molar-refractivity contribution in [1.29, 1.82) is 0 Å². The van der Waals surface area contributed by atoms with E-state index in [9.17, 15) is 0 Å². The van der Waals surface area contributed by atoms with Gasteiger partial charge in [-0.1, -0.05) is 12.8 Å². The summed E-state index contributed by atoms with van der Waals surface area (Å²) in [4.78, 5) is 2.56. The van der Waals surface area contributed by atoms with E-state index >= 15 is 0 Å². The lowest BCUT2D eigenvalue weighted by Gasteiger charge is -2.46. The number of anilines is 1. The van der Waals surface area contributed by atoms with Crippen LogP contribution in [0, 0.1) is 0 Å². The predicted octanol–water partition coefficient (Wildman–Crippen LogP) is 2.81. The Hall–Kier alpha value is -1.22. The van der Waals surface area contributed by atoms with Gasteiger partial charge in [0.15, 0.2) is 0 Å². The zero-order valence-electron chi connectivity index (χ0n) is 12.0. The predicted molar refractivity (Wildman–Crippen MR) is 79.0 cm³/mol. The van der Waals surface area contributed by atoms with Crippen LogP contribution in [0.2, 0.25) is 0 Å². The molecule has 1 unspecified atom stereocenters. The molecule has 1 aromatic carbocycles. The van der Waals surface area contributed by atoms with Crippen LogP contribution in [0.25, 0.3) is 0 Å². The molecular formula is C16H24N2O. The number of rotatable bonds is 2. The van der Waals surface area contributed by atoms with Crippen molar-refractivity contribution in [2.24, 2.45) is 0 Å². The highest BCUT2D eigenvalue weighted by Gasteiger charge is 2.39. The number of hydrogen-bond acceptors (Lipinski definition) is 3. The zero-order chi connectivity index (χ0) is 13.3. The Balaban J connectivity index is 1.80. The standard InChI is InChI=1S/C16H24N2O/c1-13-11-17-16(9-3-4-10-16)12-18(13)14-5-7-15(19-2)8-6-14/h5-8,13,17H,3-4,9-12H2,1-2H3. The van der Waals surface area contributed by atoms with E-state index in [-0.39, 0.29) is 0 Å². The van der Waals surface area contributed by atoms with Crippen molar-refractivity contribution in [2.75, 3.05) is 25.1 Å². The Morgan fingerprint density at radius 1 is 1.21 bits per heavy atom. The third-order valence-corrected chi connectivity index (χ3v) is 4.74. The van der Waals surface area contributed by atoms with E-state index in [4.69, 9.17) is 4.74 Å². The van der Waals surface area contributed by atoms with Crippen LogP contribution in [-0.4, -0.2) is 31.8 Å². The summed E-state index contributed by atoms with van der Waals surface area (Å²) < 4.78 is 5.25. The Morgan fingerprint density at radius 2 is 1.89 bits per heavy atom. The fourth-order valence-electron chi connectivity index (χ4n) is 3.52. The molecule has 104 valence electrons. The lowest BCUT2D eigenvalue weighted by atomic mass is 9.92. The van der Waals surface area contributed by atoms with Crippen LogP contribution in [0.15, 0.2) is 24.3 Å². The first-order valence-electron chi connectivity index (χ1n) is 7.38. The third-order valence-electron chi connectivity index (χ3n) is 4.74. The lowest BCUT2D eigenvalue weighted by Crippen LogP contribution is -2.62. The van der Waals surface area contributed by atoms with Crippen LogP contribution >= 0.6 is 0 Å². The molecule has 1 saturated heterocycles. The molecule has 1 aliphatic heterocycles. The van der Waals surface area contributed by atoms with E-state index in [1.807, 2.05) is 0 Å². The summed E-state index contributed by atoms with van der Waals surface area (Å²) in [6.07, 6.45) is 5.40. The summed E-state index contributed by atoms with van der Waals surface area (Å²) in [7, 11) is 1.72. The topological polar surface area (TPSA) is 24.5 Å². The van der Waals surface area contributed by atoms with E-state index in [1.54, 1.807) is 7.11 Å². The Bertz CT molecular complexity index is 423. The second kappa shape index (κ2) is 5.04. The van der Waals surface area contributed by atoms with Gasteiger partial charge < -0.3 is 15.0 Å². The molecule has 0 amide bonds. The highest BCUT2D eigenvalue weighted by atomic mass is 16.5. The van der Waals surface area contributed by atoms with Crippen molar-refractivity contribution in [2.45, 2.75) is 44.2 Å². The van der Waals surface area contributed by atoms with E-state index < -0.39 is 0 Å². The van der Waals surface area contributed by atoms with Gasteiger partial charge >= 0.3 is 0 Å². The molecule has 3 nitrogen and oxygen atoms in total. The minimum Gasteiger partial charge on any atom is -0.497 e. The number of nitrogens with one attached hydrogen (secondary N) is 1. The van der Waals surface area contributed by atoms with Gasteiger partial charge in [0.05, 0.1) is 7.11 Å². The second-order valence-corrected chi connectivity index (χ2v) is 6.04. The molecule has 1 spiro atoms. The molecule has 1 atom stereocenters. The maximum absolute atomic E-state index is 5.25. The summed E-state index contributed by atoms with van der Waals surface area (Å²) in [5.41, 5.74) is 1.69. The van der Waals surface area contributed by atoms with E-state index in [2.05, 4.69) is 41.4 Å². The van der Waals surface area contributed by atoms with Crippen molar-refractivity contribution in [1.82, 2.24) is 5.32 Å². The maximum Gasteiger partial charge on any atom is 0.119 e. The smallest absolute Gasteiger partial charge is 0.119 e. The molecule has 19 heavy (non-hydrogen) atoms. The van der Waals surface area contributed by atoms with Crippen LogP contribution in [0.4, 0.5) is 5.69 Å². The fraction of sp³-hybridized carbons (Fsp3) is 0.625. The molecule has 1 aromatic rings. The molecule has 0 aromatic heterocycles. The second-order valence-electron chi connectivity index (χ2n) is 6.04. The monoisotopic (exact) mass is 260 g/mol. The van der Waals surface area contributed by atoms with Gasteiger partial charge in [0.25, 0.3) is 0 Å². The summed E-state index contributed by atoms with van der Waals surface area (Å²) in [6.45, 7) is 4.53. The first kappa shape index (κ1) is 12.8. The average molecular weight is 260 g/mol. The molecule has 0 radical (unpaired) electrons. The van der Waals surface area contributed by atoms with E-state index in [0.29, 0.717) is 11.6 Å². The number of nitrogens with zero attached hydrogens (tertiary/aromatic N) is 1. The number of methoxy groups -OCH3 is 1. The van der Waals surface area contributed by atoms with Crippen LogP contribution in [0.5, 0.6) is 5.75 Å². The normalized spacial score (nSPS) is 25.8. The molecule has 1 heterocycles. The number of piperazine rings is 1. The first-order chi connectivity index (χ1) is 9.22. The molecule has 0 bridgehead atoms. The van der Waals surface area contributed by atoms with Gasteiger partial charge in [-0.15, -0.1) is 0 Å². The van der Waals surface area contributed by atoms with Gasteiger partial charge in [-0.25, -0.2) is 0 Å². The van der Waals surface area contributed by atoms with Gasteiger partial charge in [-0.2, -0.15) is 0 Å². The summed E-state index contributed by atoms with van der Waals surface area (Å²) >= 11 is 0. The number of ether oxygens (including phenoxy) is 1. The SMILES string of the molecule is COc1ccc(N2CC3(CCCC3)NCC2C)cc1. The van der Waals surface area contributed by atoms with Gasteiger partial charge in [0.1, 0.15) is 5.75 Å². The average Bonchev–Trinajstić information content (AvgIpc) is 2.90. The maximum atomic E-state index is 5.25. The third kappa shape index (κ3) is 2.44. The van der Waals surface area contributed by atoms with Gasteiger partial charge in [-0.3, -0.25) is 0 Å². The Labute approximate surface area is 115 Å². The largest absolute Gasteiger partial charge is 0.497 e.